The van der Waals surface area contributed by atoms with Crippen molar-refractivity contribution in [2.45, 2.75) is 0 Å². The van der Waals surface area contributed by atoms with Gasteiger partial charge in [0.2, 0.25) is 5.82 Å². The number of fused-ring (bicyclic) bond motifs is 2. The van der Waals surface area contributed by atoms with Gasteiger partial charge in [-0.25, -0.2) is 4.98 Å². The van der Waals surface area contributed by atoms with Crippen LogP contribution in [0.5, 0.6) is 5.75 Å². The van der Waals surface area contributed by atoms with E-state index in [0.29, 0.717) is 38.7 Å². The lowest BCUT2D eigenvalue weighted by Crippen LogP contribution is -2.20. The van der Waals surface area contributed by atoms with Crippen molar-refractivity contribution < 1.29 is 13.9 Å². The highest BCUT2D eigenvalue weighted by Crippen LogP contribution is 2.29. The Balaban J connectivity index is 1.28. The number of carbonyl (C=O) groups is 1. The molecule has 0 aliphatic carbocycles. The largest absolute Gasteiger partial charge is 0.483 e. The molecule has 0 bridgehead atoms. The first-order valence-electron chi connectivity index (χ1n) is 12.5. The summed E-state index contributed by atoms with van der Waals surface area (Å²) in [7, 11) is 0. The Morgan fingerprint density at radius 3 is 2.66 bits per heavy atom. The second kappa shape index (κ2) is 11.6. The second-order valence-corrected chi connectivity index (χ2v) is 10.6. The van der Waals surface area contributed by atoms with Crippen LogP contribution in [0.4, 0.5) is 5.69 Å². The van der Waals surface area contributed by atoms with Crippen molar-refractivity contribution in [3.8, 4) is 17.3 Å². The molecule has 4 aromatic carbocycles. The summed E-state index contributed by atoms with van der Waals surface area (Å²) in [6.45, 7) is -0.136. The fraction of sp³-hybridized carbons (Fsp3) is 0.0323. The van der Waals surface area contributed by atoms with Crippen LogP contribution in [0.3, 0.4) is 0 Å². The Bertz CT molecular complexity index is 2000. The molecule has 1 N–H and O–H groups in total. The zero-order chi connectivity index (χ0) is 28.3. The maximum atomic E-state index is 13.5. The Labute approximate surface area is 252 Å². The van der Waals surface area contributed by atoms with Crippen LogP contribution in [0.15, 0.2) is 111 Å². The molecule has 2 aromatic heterocycles. The molecular weight excluding hydrogens is 655 g/mol. The van der Waals surface area contributed by atoms with Gasteiger partial charge in [-0.3, -0.25) is 9.59 Å². The van der Waals surface area contributed by atoms with Crippen molar-refractivity contribution in [2.75, 3.05) is 11.9 Å². The third kappa shape index (κ3) is 5.86. The number of nitrogens with one attached hydrogen (secondary N) is 1. The third-order valence-electron chi connectivity index (χ3n) is 6.15. The molecule has 0 saturated carbocycles. The van der Waals surface area contributed by atoms with E-state index in [2.05, 4.69) is 33.0 Å². The smallest absolute Gasteiger partial charge is 0.282 e. The van der Waals surface area contributed by atoms with Gasteiger partial charge in [-0.1, -0.05) is 41.9 Å². The first kappa shape index (κ1) is 26.7. The summed E-state index contributed by atoms with van der Waals surface area (Å²) in [6.07, 6.45) is 1.56. The molecule has 0 aliphatic heterocycles. The van der Waals surface area contributed by atoms with E-state index in [-0.39, 0.29) is 23.9 Å². The lowest BCUT2D eigenvalue weighted by molar-refractivity contribution is -0.118. The fourth-order valence-corrected chi connectivity index (χ4v) is 5.09. The Morgan fingerprint density at radius 1 is 1.02 bits per heavy atom. The summed E-state index contributed by atoms with van der Waals surface area (Å²) in [5.41, 5.74) is 2.23. The van der Waals surface area contributed by atoms with Gasteiger partial charge in [0.05, 0.1) is 20.7 Å². The number of anilines is 1. The number of furan rings is 1. The molecule has 1 amide bonds. The van der Waals surface area contributed by atoms with E-state index in [1.54, 1.807) is 72.9 Å². The molecule has 6 aromatic rings. The van der Waals surface area contributed by atoms with Crippen LogP contribution in [0, 0.1) is 3.57 Å². The summed E-state index contributed by atoms with van der Waals surface area (Å²) in [6, 6.07) is 28.7. The third-order valence-corrected chi connectivity index (χ3v) is 7.23. The fourth-order valence-electron chi connectivity index (χ4n) is 4.22. The van der Waals surface area contributed by atoms with Crippen molar-refractivity contribution in [3.63, 3.8) is 0 Å². The molecule has 10 heteroatoms. The summed E-state index contributed by atoms with van der Waals surface area (Å²) in [5.74, 6) is 0.934. The van der Waals surface area contributed by atoms with Gasteiger partial charge in [-0.2, -0.15) is 9.78 Å². The van der Waals surface area contributed by atoms with E-state index in [0.717, 1.165) is 14.5 Å². The molecule has 8 nitrogen and oxygen atoms in total. The van der Waals surface area contributed by atoms with Gasteiger partial charge in [0.25, 0.3) is 11.5 Å². The van der Waals surface area contributed by atoms with E-state index in [4.69, 9.17) is 25.7 Å². The summed E-state index contributed by atoms with van der Waals surface area (Å²) >= 11 is 8.28. The van der Waals surface area contributed by atoms with Crippen molar-refractivity contribution in [2.24, 2.45) is 5.10 Å². The second-order valence-electron chi connectivity index (χ2n) is 9.00. The number of amides is 1. The van der Waals surface area contributed by atoms with Gasteiger partial charge in [0.15, 0.2) is 12.4 Å². The van der Waals surface area contributed by atoms with Gasteiger partial charge in [-0.15, -0.1) is 0 Å². The normalized spacial score (nSPS) is 11.4. The highest BCUT2D eigenvalue weighted by Gasteiger charge is 2.17. The molecule has 202 valence electrons. The van der Waals surface area contributed by atoms with Crippen LogP contribution in [0.25, 0.3) is 33.5 Å². The molecule has 41 heavy (non-hydrogen) atoms. The summed E-state index contributed by atoms with van der Waals surface area (Å²) in [5, 5.41) is 9.08. The summed E-state index contributed by atoms with van der Waals surface area (Å²) in [4.78, 5) is 30.5. The van der Waals surface area contributed by atoms with Gasteiger partial charge in [-0.05, 0) is 94.9 Å². The highest BCUT2D eigenvalue weighted by molar-refractivity contribution is 14.1. The van der Waals surface area contributed by atoms with E-state index >= 15 is 0 Å². The van der Waals surface area contributed by atoms with Crippen molar-refractivity contribution in [1.29, 1.82) is 0 Å². The number of ether oxygens (including phenoxy) is 1. The van der Waals surface area contributed by atoms with E-state index in [9.17, 15) is 9.59 Å². The minimum absolute atomic E-state index is 0.136. The van der Waals surface area contributed by atoms with E-state index in [1.807, 2.05) is 30.3 Å². The first-order valence-corrected chi connectivity index (χ1v) is 13.9. The standard InChI is InChI=1S/C31H20ClIN4O4/c32-21-11-13-26-20(15-21)16-28(41-26)30-36-25-9-5-4-8-23(25)31(39)37(30)34-17-19-10-12-27(24(33)14-19)40-18-29(38)35-22-6-2-1-3-7-22/h1-17H,18H2,(H,35,38). The zero-order valence-electron chi connectivity index (χ0n) is 21.3. The molecule has 0 atom stereocenters. The number of hydrogen-bond acceptors (Lipinski definition) is 6. The molecule has 2 heterocycles. The number of carbonyl (C=O) groups excluding carboxylic acids is 1. The minimum atomic E-state index is -0.334. The Hall–Kier alpha value is -4.48. The van der Waals surface area contributed by atoms with E-state index in [1.165, 1.54) is 4.68 Å². The van der Waals surface area contributed by atoms with Crippen molar-refractivity contribution in [3.05, 3.63) is 122 Å². The number of hydrogen-bond donors (Lipinski definition) is 1. The molecule has 0 aliphatic rings. The molecule has 0 radical (unpaired) electrons. The Kier molecular flexibility index (Phi) is 7.53. The van der Waals surface area contributed by atoms with Crippen LogP contribution in [-0.4, -0.2) is 28.4 Å². The van der Waals surface area contributed by atoms with Crippen LogP contribution in [0.2, 0.25) is 5.02 Å². The topological polar surface area (TPSA) is 98.7 Å². The molecule has 6 rings (SSSR count). The lowest BCUT2D eigenvalue weighted by atomic mass is 10.2. The number of aromatic nitrogens is 2. The Morgan fingerprint density at radius 2 is 1.83 bits per heavy atom. The van der Waals surface area contributed by atoms with Gasteiger partial charge in [0, 0.05) is 16.1 Å². The number of rotatable bonds is 7. The average molecular weight is 675 g/mol. The predicted molar refractivity (Wildman–Crippen MR) is 169 cm³/mol. The number of halogens is 2. The monoisotopic (exact) mass is 674 g/mol. The van der Waals surface area contributed by atoms with Crippen molar-refractivity contribution in [1.82, 2.24) is 9.66 Å². The SMILES string of the molecule is O=C(COc1ccc(C=Nn2c(-c3cc4cc(Cl)ccc4o3)nc3ccccc3c2=O)cc1I)Nc1ccccc1. The van der Waals surface area contributed by atoms with Gasteiger partial charge >= 0.3 is 0 Å². The van der Waals surface area contributed by atoms with Crippen LogP contribution in [0.1, 0.15) is 5.56 Å². The number of para-hydroxylation sites is 2. The van der Waals surface area contributed by atoms with Crippen LogP contribution in [-0.2, 0) is 4.79 Å². The highest BCUT2D eigenvalue weighted by atomic mass is 127. The minimum Gasteiger partial charge on any atom is -0.483 e. The van der Waals surface area contributed by atoms with Crippen LogP contribution < -0.4 is 15.6 Å². The molecule has 0 fully saturated rings. The summed E-state index contributed by atoms with van der Waals surface area (Å²) < 4.78 is 13.7. The number of benzene rings is 4. The lowest BCUT2D eigenvalue weighted by Gasteiger charge is -2.10. The molecule has 0 spiro atoms. The molecule has 0 saturated heterocycles. The molecule has 0 unspecified atom stereocenters. The van der Waals surface area contributed by atoms with Crippen molar-refractivity contribution >= 4 is 73.9 Å². The first-order chi connectivity index (χ1) is 19.9. The zero-order valence-corrected chi connectivity index (χ0v) is 24.2. The van der Waals surface area contributed by atoms with Crippen LogP contribution >= 0.6 is 34.2 Å². The molecular formula is C31H20ClIN4O4. The number of nitrogens with zero attached hydrogens (tertiary/aromatic N) is 3. The maximum Gasteiger partial charge on any atom is 0.282 e. The maximum absolute atomic E-state index is 13.5. The quantitative estimate of drug-likeness (QED) is 0.146. The predicted octanol–water partition coefficient (Wildman–Crippen LogP) is 6.97. The van der Waals surface area contributed by atoms with E-state index < -0.39 is 0 Å². The average Bonchev–Trinajstić information content (AvgIpc) is 3.40. The van der Waals surface area contributed by atoms with Gasteiger partial charge < -0.3 is 14.5 Å². The van der Waals surface area contributed by atoms with Gasteiger partial charge in [0.1, 0.15) is 11.3 Å².